The number of rotatable bonds is 6. The molecule has 0 radical (unpaired) electrons. The van der Waals surface area contributed by atoms with E-state index in [-0.39, 0.29) is 24.2 Å². The Hall–Kier alpha value is -1.89. The van der Waals surface area contributed by atoms with Crippen molar-refractivity contribution in [2.75, 3.05) is 6.54 Å². The van der Waals surface area contributed by atoms with E-state index in [0.29, 0.717) is 12.2 Å². The van der Waals surface area contributed by atoms with E-state index in [2.05, 4.69) is 15.3 Å². The number of aliphatic carboxylic acids is 1. The Balaban J connectivity index is 1.97. The van der Waals surface area contributed by atoms with Gasteiger partial charge in [0.15, 0.2) is 0 Å². The summed E-state index contributed by atoms with van der Waals surface area (Å²) in [6.07, 6.45) is 5.92. The van der Waals surface area contributed by atoms with E-state index in [1.807, 2.05) is 0 Å². The number of nitrogens with one attached hydrogen (secondary N) is 2. The molecular weight excluding hydrogens is 260 g/mol. The number of aromatic nitrogens is 2. The molecule has 1 aromatic rings. The van der Waals surface area contributed by atoms with Crippen LogP contribution < -0.4 is 11.1 Å². The van der Waals surface area contributed by atoms with Gasteiger partial charge in [-0.1, -0.05) is 6.42 Å². The maximum atomic E-state index is 12.2. The summed E-state index contributed by atoms with van der Waals surface area (Å²) in [5.74, 6) is -1.25. The van der Waals surface area contributed by atoms with E-state index in [9.17, 15) is 14.7 Å². The zero-order valence-electron chi connectivity index (χ0n) is 11.2. The van der Waals surface area contributed by atoms with Gasteiger partial charge in [-0.05, 0) is 25.3 Å². The minimum absolute atomic E-state index is 0.163. The molecule has 20 heavy (non-hydrogen) atoms. The average molecular weight is 280 g/mol. The number of hydrogen-bond donors (Lipinski definition) is 4. The molecule has 1 aliphatic rings. The zero-order valence-corrected chi connectivity index (χ0v) is 11.2. The molecule has 0 bridgehead atoms. The molecular formula is C13H20N4O3. The first-order valence-corrected chi connectivity index (χ1v) is 6.82. The van der Waals surface area contributed by atoms with Crippen LogP contribution in [0.2, 0.25) is 0 Å². The van der Waals surface area contributed by atoms with Gasteiger partial charge in [0.25, 0.3) is 0 Å². The highest BCUT2D eigenvalue weighted by Crippen LogP contribution is 2.31. The van der Waals surface area contributed by atoms with Gasteiger partial charge in [-0.3, -0.25) is 4.79 Å². The van der Waals surface area contributed by atoms with Gasteiger partial charge in [-0.2, -0.15) is 0 Å². The lowest BCUT2D eigenvalue weighted by molar-refractivity contribution is -0.142. The standard InChI is InChI=1S/C13H20N4O3/c14-5-8-2-1-3-10(8)12(18)17-11(13(19)20)4-9-6-15-7-16-9/h6-8,10-11H,1-5,14H2,(H,15,16)(H,17,18)(H,19,20)/t8?,10?,11-/m0/s1. The van der Waals surface area contributed by atoms with Crippen LogP contribution in [0.25, 0.3) is 0 Å². The van der Waals surface area contributed by atoms with Crippen LogP contribution in [0.5, 0.6) is 0 Å². The van der Waals surface area contributed by atoms with Crippen molar-refractivity contribution in [3.8, 4) is 0 Å². The van der Waals surface area contributed by atoms with Crippen molar-refractivity contribution >= 4 is 11.9 Å². The third-order valence-electron chi connectivity index (χ3n) is 3.89. The fraction of sp³-hybridized carbons (Fsp3) is 0.615. The molecule has 1 amide bonds. The lowest BCUT2D eigenvalue weighted by Crippen LogP contribution is -2.46. The molecule has 7 nitrogen and oxygen atoms in total. The summed E-state index contributed by atoms with van der Waals surface area (Å²) in [7, 11) is 0. The minimum atomic E-state index is -1.05. The van der Waals surface area contributed by atoms with Crippen molar-refractivity contribution in [3.63, 3.8) is 0 Å². The molecule has 0 aliphatic heterocycles. The molecule has 1 fully saturated rings. The lowest BCUT2D eigenvalue weighted by Gasteiger charge is -2.20. The Kier molecular flexibility index (Phi) is 4.73. The fourth-order valence-electron chi connectivity index (χ4n) is 2.76. The van der Waals surface area contributed by atoms with Crippen molar-refractivity contribution < 1.29 is 14.7 Å². The Bertz CT molecular complexity index is 460. The predicted molar refractivity (Wildman–Crippen MR) is 71.7 cm³/mol. The van der Waals surface area contributed by atoms with Gasteiger partial charge in [-0.25, -0.2) is 9.78 Å². The number of carbonyl (C=O) groups is 2. The largest absolute Gasteiger partial charge is 0.480 e. The van der Waals surface area contributed by atoms with Gasteiger partial charge >= 0.3 is 5.97 Å². The van der Waals surface area contributed by atoms with Crippen LogP contribution in [-0.2, 0) is 16.0 Å². The number of hydrogen-bond acceptors (Lipinski definition) is 4. The van der Waals surface area contributed by atoms with Gasteiger partial charge in [0.05, 0.1) is 6.33 Å². The monoisotopic (exact) mass is 280 g/mol. The highest BCUT2D eigenvalue weighted by molar-refractivity contribution is 5.85. The molecule has 1 heterocycles. The number of carbonyl (C=O) groups excluding carboxylic acids is 1. The van der Waals surface area contributed by atoms with Crippen molar-refractivity contribution in [3.05, 3.63) is 18.2 Å². The van der Waals surface area contributed by atoms with Crippen molar-refractivity contribution in [1.29, 1.82) is 0 Å². The maximum absolute atomic E-state index is 12.2. The number of nitrogens with two attached hydrogens (primary N) is 1. The third-order valence-corrected chi connectivity index (χ3v) is 3.89. The van der Waals surface area contributed by atoms with Crippen LogP contribution in [0.4, 0.5) is 0 Å². The second-order valence-electron chi connectivity index (χ2n) is 5.21. The number of aromatic amines is 1. The summed E-state index contributed by atoms with van der Waals surface area (Å²) >= 11 is 0. The number of nitrogens with zero attached hydrogens (tertiary/aromatic N) is 1. The van der Waals surface area contributed by atoms with E-state index in [4.69, 9.17) is 5.73 Å². The highest BCUT2D eigenvalue weighted by Gasteiger charge is 2.34. The van der Waals surface area contributed by atoms with E-state index >= 15 is 0 Å². The van der Waals surface area contributed by atoms with E-state index < -0.39 is 12.0 Å². The molecule has 0 spiro atoms. The van der Waals surface area contributed by atoms with Crippen LogP contribution in [0.3, 0.4) is 0 Å². The second-order valence-corrected chi connectivity index (χ2v) is 5.21. The molecule has 0 aromatic carbocycles. The molecule has 2 rings (SSSR count). The summed E-state index contributed by atoms with van der Waals surface area (Å²) in [5.41, 5.74) is 6.33. The van der Waals surface area contributed by atoms with E-state index in [0.717, 1.165) is 19.3 Å². The van der Waals surface area contributed by atoms with Gasteiger partial charge in [-0.15, -0.1) is 0 Å². The normalized spacial score (nSPS) is 23.4. The number of H-pyrrole nitrogens is 1. The summed E-state index contributed by atoms with van der Waals surface area (Å²) in [4.78, 5) is 30.1. The summed E-state index contributed by atoms with van der Waals surface area (Å²) in [5, 5.41) is 11.8. The topological polar surface area (TPSA) is 121 Å². The third kappa shape index (κ3) is 3.36. The molecule has 1 saturated carbocycles. The SMILES string of the molecule is NCC1CCCC1C(=O)N[C@@H](Cc1cnc[nH]1)C(=O)O. The van der Waals surface area contributed by atoms with Gasteiger partial charge in [0, 0.05) is 24.2 Å². The molecule has 7 heteroatoms. The van der Waals surface area contributed by atoms with Gasteiger partial charge in [0.2, 0.25) is 5.91 Å². The van der Waals surface area contributed by atoms with Crippen LogP contribution in [-0.4, -0.2) is 39.5 Å². The number of imidazole rings is 1. The number of carboxylic acids is 1. The molecule has 0 saturated heterocycles. The minimum Gasteiger partial charge on any atom is -0.480 e. The summed E-state index contributed by atoms with van der Waals surface area (Å²) in [6.45, 7) is 0.469. The number of carboxylic acid groups (broad SMARTS) is 1. The first-order chi connectivity index (χ1) is 9.61. The van der Waals surface area contributed by atoms with Crippen LogP contribution >= 0.6 is 0 Å². The number of amides is 1. The average Bonchev–Trinajstić information content (AvgIpc) is 3.08. The summed E-state index contributed by atoms with van der Waals surface area (Å²) in [6, 6.07) is -0.943. The molecule has 3 atom stereocenters. The quantitative estimate of drug-likeness (QED) is 0.579. The lowest BCUT2D eigenvalue weighted by atomic mass is 9.95. The summed E-state index contributed by atoms with van der Waals surface area (Å²) < 4.78 is 0. The van der Waals surface area contributed by atoms with Crippen molar-refractivity contribution in [1.82, 2.24) is 15.3 Å². The molecule has 5 N–H and O–H groups in total. The first kappa shape index (κ1) is 14.5. The van der Waals surface area contributed by atoms with Gasteiger partial charge < -0.3 is 21.1 Å². The molecule has 1 aromatic heterocycles. The van der Waals surface area contributed by atoms with Crippen LogP contribution in [0, 0.1) is 11.8 Å². The smallest absolute Gasteiger partial charge is 0.326 e. The van der Waals surface area contributed by atoms with Crippen LogP contribution in [0.1, 0.15) is 25.0 Å². The first-order valence-electron chi connectivity index (χ1n) is 6.82. The van der Waals surface area contributed by atoms with Gasteiger partial charge in [0.1, 0.15) is 6.04 Å². The predicted octanol–water partition coefficient (Wildman–Crippen LogP) is -0.103. The molecule has 110 valence electrons. The van der Waals surface area contributed by atoms with Crippen molar-refractivity contribution in [2.45, 2.75) is 31.7 Å². The molecule has 1 aliphatic carbocycles. The second kappa shape index (κ2) is 6.51. The van der Waals surface area contributed by atoms with E-state index in [1.54, 1.807) is 6.20 Å². The Labute approximate surface area is 117 Å². The fourth-order valence-corrected chi connectivity index (χ4v) is 2.76. The Morgan fingerprint density at radius 2 is 2.35 bits per heavy atom. The Morgan fingerprint density at radius 3 is 2.95 bits per heavy atom. The van der Waals surface area contributed by atoms with Crippen LogP contribution in [0.15, 0.2) is 12.5 Å². The van der Waals surface area contributed by atoms with E-state index in [1.165, 1.54) is 6.33 Å². The zero-order chi connectivity index (χ0) is 14.5. The highest BCUT2D eigenvalue weighted by atomic mass is 16.4. The maximum Gasteiger partial charge on any atom is 0.326 e. The van der Waals surface area contributed by atoms with Crippen molar-refractivity contribution in [2.24, 2.45) is 17.6 Å². The molecule has 2 unspecified atom stereocenters. The Morgan fingerprint density at radius 1 is 1.55 bits per heavy atom.